The summed E-state index contributed by atoms with van der Waals surface area (Å²) < 4.78 is 2.07. The molecular formula is C14H25N3. The minimum Gasteiger partial charge on any atom is -0.301 e. The lowest BCUT2D eigenvalue weighted by Crippen LogP contribution is -2.37. The molecule has 0 N–H and O–H groups in total. The summed E-state index contributed by atoms with van der Waals surface area (Å²) in [5.74, 6) is 0.671. The number of aromatic nitrogens is 2. The third kappa shape index (κ3) is 2.89. The Hall–Kier alpha value is -0.830. The molecule has 3 nitrogen and oxygen atoms in total. The largest absolute Gasteiger partial charge is 0.301 e. The molecule has 1 aliphatic rings. The van der Waals surface area contributed by atoms with Gasteiger partial charge in [0, 0.05) is 24.2 Å². The smallest absolute Gasteiger partial charge is 0.0656 e. The number of hydrogen-bond donors (Lipinski definition) is 0. The third-order valence-electron chi connectivity index (χ3n) is 3.84. The maximum absolute atomic E-state index is 4.70. The first kappa shape index (κ1) is 12.6. The van der Waals surface area contributed by atoms with E-state index in [9.17, 15) is 0 Å². The standard InChI is InChI=1S/C14H25N3/c1-11(2)16-8-5-13(6-9-16)14-7-10-17(15-14)12(3)4/h7,10-13H,5-6,8-9H2,1-4H3. The van der Waals surface area contributed by atoms with Gasteiger partial charge in [0.15, 0.2) is 0 Å². The van der Waals surface area contributed by atoms with Crippen LogP contribution in [-0.2, 0) is 0 Å². The lowest BCUT2D eigenvalue weighted by Gasteiger charge is -2.33. The van der Waals surface area contributed by atoms with Gasteiger partial charge in [-0.1, -0.05) is 0 Å². The second-order valence-corrected chi connectivity index (χ2v) is 5.72. The van der Waals surface area contributed by atoms with Gasteiger partial charge in [-0.3, -0.25) is 4.68 Å². The lowest BCUT2D eigenvalue weighted by molar-refractivity contribution is 0.170. The van der Waals surface area contributed by atoms with Gasteiger partial charge in [0.1, 0.15) is 0 Å². The Kier molecular flexibility index (Phi) is 3.87. The number of piperidine rings is 1. The summed E-state index contributed by atoms with van der Waals surface area (Å²) in [5, 5.41) is 4.70. The number of rotatable bonds is 3. The monoisotopic (exact) mass is 235 g/mol. The maximum Gasteiger partial charge on any atom is 0.0656 e. The zero-order valence-corrected chi connectivity index (χ0v) is 11.6. The fourth-order valence-electron chi connectivity index (χ4n) is 2.57. The summed E-state index contributed by atoms with van der Waals surface area (Å²) in [5.41, 5.74) is 1.29. The molecule has 17 heavy (non-hydrogen) atoms. The van der Waals surface area contributed by atoms with Crippen molar-refractivity contribution in [3.8, 4) is 0 Å². The Balaban J connectivity index is 1.96. The zero-order chi connectivity index (χ0) is 12.4. The van der Waals surface area contributed by atoms with Crippen molar-refractivity contribution in [2.45, 2.75) is 58.5 Å². The minimum absolute atomic E-state index is 0.472. The molecular weight excluding hydrogens is 210 g/mol. The lowest BCUT2D eigenvalue weighted by atomic mass is 9.93. The highest BCUT2D eigenvalue weighted by Gasteiger charge is 2.23. The van der Waals surface area contributed by atoms with E-state index in [1.54, 1.807) is 0 Å². The highest BCUT2D eigenvalue weighted by molar-refractivity contribution is 5.08. The average molecular weight is 235 g/mol. The molecule has 3 heteroatoms. The Bertz CT molecular complexity index is 346. The predicted octanol–water partition coefficient (Wildman–Crippen LogP) is 3.05. The molecule has 1 aromatic heterocycles. The van der Waals surface area contributed by atoms with Gasteiger partial charge in [0.05, 0.1) is 5.69 Å². The van der Waals surface area contributed by atoms with Crippen molar-refractivity contribution in [3.05, 3.63) is 18.0 Å². The van der Waals surface area contributed by atoms with Crippen LogP contribution in [0.4, 0.5) is 0 Å². The van der Waals surface area contributed by atoms with Crippen LogP contribution in [0, 0.1) is 0 Å². The predicted molar refractivity (Wildman–Crippen MR) is 71.3 cm³/mol. The molecule has 96 valence electrons. The molecule has 0 unspecified atom stereocenters. The average Bonchev–Trinajstić information content (AvgIpc) is 2.78. The van der Waals surface area contributed by atoms with Crippen LogP contribution in [-0.4, -0.2) is 33.8 Å². The van der Waals surface area contributed by atoms with E-state index in [0.717, 1.165) is 0 Å². The van der Waals surface area contributed by atoms with Crippen molar-refractivity contribution in [3.63, 3.8) is 0 Å². The van der Waals surface area contributed by atoms with Gasteiger partial charge < -0.3 is 4.90 Å². The van der Waals surface area contributed by atoms with Gasteiger partial charge in [0.2, 0.25) is 0 Å². The van der Waals surface area contributed by atoms with E-state index < -0.39 is 0 Å². The summed E-state index contributed by atoms with van der Waals surface area (Å²) in [7, 11) is 0. The fraction of sp³-hybridized carbons (Fsp3) is 0.786. The third-order valence-corrected chi connectivity index (χ3v) is 3.84. The van der Waals surface area contributed by atoms with Crippen LogP contribution < -0.4 is 0 Å². The highest BCUT2D eigenvalue weighted by Crippen LogP contribution is 2.27. The number of nitrogens with zero attached hydrogens (tertiary/aromatic N) is 3. The van der Waals surface area contributed by atoms with Crippen LogP contribution in [0.2, 0.25) is 0 Å². The van der Waals surface area contributed by atoms with Crippen LogP contribution in [0.25, 0.3) is 0 Å². The number of hydrogen-bond acceptors (Lipinski definition) is 2. The van der Waals surface area contributed by atoms with Crippen molar-refractivity contribution < 1.29 is 0 Å². The second kappa shape index (κ2) is 5.21. The summed E-state index contributed by atoms with van der Waals surface area (Å²) in [6, 6.07) is 3.36. The Morgan fingerprint density at radius 1 is 1.12 bits per heavy atom. The summed E-state index contributed by atoms with van der Waals surface area (Å²) in [6.07, 6.45) is 4.63. The first-order chi connectivity index (χ1) is 8.08. The summed E-state index contributed by atoms with van der Waals surface area (Å²) in [6.45, 7) is 11.4. The van der Waals surface area contributed by atoms with E-state index in [-0.39, 0.29) is 0 Å². The van der Waals surface area contributed by atoms with E-state index >= 15 is 0 Å². The maximum atomic E-state index is 4.70. The van der Waals surface area contributed by atoms with E-state index in [0.29, 0.717) is 18.0 Å². The molecule has 0 amide bonds. The van der Waals surface area contributed by atoms with Crippen LogP contribution in [0.3, 0.4) is 0 Å². The first-order valence-corrected chi connectivity index (χ1v) is 6.87. The first-order valence-electron chi connectivity index (χ1n) is 6.87. The Morgan fingerprint density at radius 2 is 1.76 bits per heavy atom. The normalized spacial score (nSPS) is 19.4. The molecule has 1 fully saturated rings. The Labute approximate surface area is 105 Å². The zero-order valence-electron chi connectivity index (χ0n) is 11.6. The van der Waals surface area contributed by atoms with Gasteiger partial charge in [-0.25, -0.2) is 0 Å². The van der Waals surface area contributed by atoms with E-state index in [4.69, 9.17) is 5.10 Å². The van der Waals surface area contributed by atoms with E-state index in [1.807, 2.05) is 0 Å². The van der Waals surface area contributed by atoms with Gasteiger partial charge in [-0.05, 0) is 59.7 Å². The molecule has 0 saturated carbocycles. The number of likely N-dealkylation sites (tertiary alicyclic amines) is 1. The SMILES string of the molecule is CC(C)N1CCC(c2ccn(C(C)C)n2)CC1. The quantitative estimate of drug-likeness (QED) is 0.803. The van der Waals surface area contributed by atoms with Crippen LogP contribution in [0.15, 0.2) is 12.3 Å². The van der Waals surface area contributed by atoms with Gasteiger partial charge in [0.25, 0.3) is 0 Å². The van der Waals surface area contributed by atoms with Gasteiger partial charge >= 0.3 is 0 Å². The highest BCUT2D eigenvalue weighted by atomic mass is 15.3. The molecule has 0 atom stereocenters. The second-order valence-electron chi connectivity index (χ2n) is 5.72. The Morgan fingerprint density at radius 3 is 2.24 bits per heavy atom. The molecule has 0 spiro atoms. The molecule has 0 aromatic carbocycles. The van der Waals surface area contributed by atoms with Gasteiger partial charge in [-0.15, -0.1) is 0 Å². The fourth-order valence-corrected chi connectivity index (χ4v) is 2.57. The van der Waals surface area contributed by atoms with E-state index in [1.165, 1.54) is 31.6 Å². The van der Waals surface area contributed by atoms with Crippen LogP contribution in [0.1, 0.15) is 58.2 Å². The molecule has 2 heterocycles. The summed E-state index contributed by atoms with van der Waals surface area (Å²) in [4.78, 5) is 2.57. The molecule has 0 aliphatic carbocycles. The van der Waals surface area contributed by atoms with Crippen molar-refractivity contribution in [1.29, 1.82) is 0 Å². The van der Waals surface area contributed by atoms with Crippen molar-refractivity contribution in [2.75, 3.05) is 13.1 Å². The molecule has 1 aliphatic heterocycles. The van der Waals surface area contributed by atoms with Gasteiger partial charge in [-0.2, -0.15) is 5.10 Å². The van der Waals surface area contributed by atoms with Crippen LogP contribution in [0.5, 0.6) is 0 Å². The molecule has 1 aromatic rings. The molecule has 0 bridgehead atoms. The van der Waals surface area contributed by atoms with E-state index in [2.05, 4.69) is 49.5 Å². The van der Waals surface area contributed by atoms with Crippen molar-refractivity contribution in [2.24, 2.45) is 0 Å². The van der Waals surface area contributed by atoms with Crippen molar-refractivity contribution >= 4 is 0 Å². The summed E-state index contributed by atoms with van der Waals surface area (Å²) >= 11 is 0. The molecule has 1 saturated heterocycles. The van der Waals surface area contributed by atoms with Crippen molar-refractivity contribution in [1.82, 2.24) is 14.7 Å². The molecule has 2 rings (SSSR count). The van der Waals surface area contributed by atoms with Crippen LogP contribution >= 0.6 is 0 Å². The molecule has 0 radical (unpaired) electrons. The minimum atomic E-state index is 0.472. The topological polar surface area (TPSA) is 21.1 Å².